The van der Waals surface area contributed by atoms with Crippen LogP contribution in [0.3, 0.4) is 0 Å². The summed E-state index contributed by atoms with van der Waals surface area (Å²) in [6, 6.07) is 8.69. The summed E-state index contributed by atoms with van der Waals surface area (Å²) in [5.74, 6) is 2.53. The molecule has 2 amide bonds. The van der Waals surface area contributed by atoms with Gasteiger partial charge < -0.3 is 15.0 Å². The molecule has 1 N–H and O–H groups in total. The molecule has 0 saturated heterocycles. The fraction of sp³-hybridized carbons (Fsp3) is 0.652. The van der Waals surface area contributed by atoms with Crippen LogP contribution in [0.25, 0.3) is 0 Å². The van der Waals surface area contributed by atoms with Crippen molar-refractivity contribution < 1.29 is 14.3 Å². The molecule has 0 aliphatic heterocycles. The van der Waals surface area contributed by atoms with Crippen molar-refractivity contribution in [2.24, 2.45) is 23.7 Å². The second-order valence-corrected chi connectivity index (χ2v) is 9.24. The normalized spacial score (nSPS) is 31.5. The van der Waals surface area contributed by atoms with Gasteiger partial charge in [-0.2, -0.15) is 0 Å². The van der Waals surface area contributed by atoms with Gasteiger partial charge in [-0.15, -0.1) is 0 Å². The van der Waals surface area contributed by atoms with Crippen LogP contribution in [0.1, 0.15) is 57.6 Å². The molecule has 1 aromatic carbocycles. The highest BCUT2D eigenvalue weighted by Crippen LogP contribution is 2.53. The molecule has 4 aliphatic carbocycles. The number of nitrogens with zero attached hydrogens (tertiary/aromatic N) is 1. The van der Waals surface area contributed by atoms with Crippen molar-refractivity contribution in [1.29, 1.82) is 0 Å². The zero-order valence-electron chi connectivity index (χ0n) is 17.1. The summed E-state index contributed by atoms with van der Waals surface area (Å²) in [7, 11) is 1.38. The van der Waals surface area contributed by atoms with Crippen LogP contribution in [0.15, 0.2) is 30.3 Å². The van der Waals surface area contributed by atoms with Gasteiger partial charge in [-0.1, -0.05) is 30.3 Å². The number of carbonyl (C=O) groups excluding carboxylic acids is 2. The Labute approximate surface area is 167 Å². The van der Waals surface area contributed by atoms with Gasteiger partial charge >= 0.3 is 12.0 Å². The van der Waals surface area contributed by atoms with Gasteiger partial charge in [0.25, 0.3) is 0 Å². The van der Waals surface area contributed by atoms with Crippen molar-refractivity contribution >= 4 is 12.0 Å². The number of rotatable bonds is 5. The molecule has 4 fully saturated rings. The van der Waals surface area contributed by atoms with E-state index in [0.717, 1.165) is 17.4 Å². The molecule has 4 bridgehead atoms. The number of carbonyl (C=O) groups is 2. The Morgan fingerprint density at radius 1 is 1.00 bits per heavy atom. The van der Waals surface area contributed by atoms with E-state index in [2.05, 4.69) is 5.32 Å². The van der Waals surface area contributed by atoms with E-state index in [1.807, 2.05) is 44.2 Å². The lowest BCUT2D eigenvalue weighted by Gasteiger charge is -2.54. The van der Waals surface area contributed by atoms with Gasteiger partial charge in [0.05, 0.1) is 7.11 Å². The highest BCUT2D eigenvalue weighted by molar-refractivity contribution is 5.85. The van der Waals surface area contributed by atoms with E-state index in [-0.39, 0.29) is 18.1 Å². The van der Waals surface area contributed by atoms with Crippen molar-refractivity contribution in [2.75, 3.05) is 7.11 Å². The Kier molecular flexibility index (Phi) is 5.35. The predicted molar refractivity (Wildman–Crippen MR) is 108 cm³/mol. The highest BCUT2D eigenvalue weighted by Gasteiger charge is 2.49. The van der Waals surface area contributed by atoms with E-state index in [4.69, 9.17) is 4.74 Å². The maximum Gasteiger partial charge on any atom is 0.333 e. The maximum absolute atomic E-state index is 13.4. The molecule has 0 radical (unpaired) electrons. The Hall–Kier alpha value is -2.04. The summed E-state index contributed by atoms with van der Waals surface area (Å²) in [6.45, 7) is 3.91. The molecule has 5 heteroatoms. The Balaban J connectivity index is 1.56. The molecule has 5 rings (SSSR count). The molecule has 0 aromatic heterocycles. The fourth-order valence-electron chi connectivity index (χ4n) is 6.19. The van der Waals surface area contributed by atoms with Crippen LogP contribution in [0.4, 0.5) is 4.79 Å². The first-order chi connectivity index (χ1) is 13.5. The molecule has 28 heavy (non-hydrogen) atoms. The lowest BCUT2D eigenvalue weighted by atomic mass is 9.54. The number of benzene rings is 1. The summed E-state index contributed by atoms with van der Waals surface area (Å²) >= 11 is 0. The van der Waals surface area contributed by atoms with Crippen LogP contribution < -0.4 is 5.32 Å². The molecule has 0 heterocycles. The number of hydrogen-bond acceptors (Lipinski definition) is 3. The lowest BCUT2D eigenvalue weighted by molar-refractivity contribution is -0.146. The van der Waals surface area contributed by atoms with E-state index >= 15 is 0 Å². The first-order valence-corrected chi connectivity index (χ1v) is 10.7. The van der Waals surface area contributed by atoms with Gasteiger partial charge in [-0.05, 0) is 75.2 Å². The first kappa shape index (κ1) is 19.3. The van der Waals surface area contributed by atoms with Gasteiger partial charge in [0.2, 0.25) is 0 Å². The van der Waals surface area contributed by atoms with Gasteiger partial charge in [0.15, 0.2) is 6.04 Å². The molecule has 4 aliphatic rings. The molecular weight excluding hydrogens is 352 g/mol. The second-order valence-electron chi connectivity index (χ2n) is 9.24. The molecule has 1 atom stereocenters. The SMILES string of the molecule is COC(=O)C(c1ccccc1)N(C(=O)NC1C2CC3CC(C2)CC1C3)C(C)C. The van der Waals surface area contributed by atoms with E-state index in [9.17, 15) is 9.59 Å². The average molecular weight is 385 g/mol. The van der Waals surface area contributed by atoms with E-state index in [1.54, 1.807) is 4.90 Å². The molecule has 1 unspecified atom stereocenters. The van der Waals surface area contributed by atoms with Gasteiger partial charge in [0, 0.05) is 12.1 Å². The minimum Gasteiger partial charge on any atom is -0.467 e. The quantitative estimate of drug-likeness (QED) is 0.776. The Morgan fingerprint density at radius 2 is 1.57 bits per heavy atom. The summed E-state index contributed by atoms with van der Waals surface area (Å²) in [5.41, 5.74) is 0.781. The van der Waals surface area contributed by atoms with Gasteiger partial charge in [-0.3, -0.25) is 0 Å². The number of hydrogen-bond donors (Lipinski definition) is 1. The van der Waals surface area contributed by atoms with Crippen LogP contribution in [0, 0.1) is 23.7 Å². The third-order valence-corrected chi connectivity index (χ3v) is 7.13. The summed E-state index contributed by atoms with van der Waals surface area (Å²) in [6.07, 6.45) is 6.39. The summed E-state index contributed by atoms with van der Waals surface area (Å²) < 4.78 is 5.07. The topological polar surface area (TPSA) is 58.6 Å². The smallest absolute Gasteiger partial charge is 0.333 e. The Bertz CT molecular complexity index is 690. The standard InChI is InChI=1S/C23H32N2O3/c1-14(2)25(21(22(26)28-3)17-7-5-4-6-8-17)23(27)24-20-18-10-15-9-16(12-18)13-19(20)11-15/h4-8,14-16,18-21H,9-13H2,1-3H3,(H,24,27). The molecule has 152 valence electrons. The number of nitrogens with one attached hydrogen (secondary N) is 1. The van der Waals surface area contributed by atoms with Crippen molar-refractivity contribution in [3.8, 4) is 0 Å². The van der Waals surface area contributed by atoms with Crippen molar-refractivity contribution in [3.63, 3.8) is 0 Å². The molecule has 4 saturated carbocycles. The van der Waals surface area contributed by atoms with Crippen molar-refractivity contribution in [3.05, 3.63) is 35.9 Å². The van der Waals surface area contributed by atoms with E-state index in [1.165, 1.54) is 39.2 Å². The van der Waals surface area contributed by atoms with Crippen molar-refractivity contribution in [2.45, 2.75) is 64.1 Å². The molecule has 1 aromatic rings. The van der Waals surface area contributed by atoms with Crippen LogP contribution in [0.5, 0.6) is 0 Å². The van der Waals surface area contributed by atoms with Gasteiger partial charge in [0.1, 0.15) is 0 Å². The lowest BCUT2D eigenvalue weighted by Crippen LogP contribution is -2.59. The monoisotopic (exact) mass is 384 g/mol. The molecule has 0 spiro atoms. The molecule has 5 nitrogen and oxygen atoms in total. The third kappa shape index (κ3) is 3.51. The number of amides is 2. The fourth-order valence-corrected chi connectivity index (χ4v) is 6.19. The van der Waals surface area contributed by atoms with Crippen LogP contribution in [-0.4, -0.2) is 36.1 Å². The number of ether oxygens (including phenoxy) is 1. The maximum atomic E-state index is 13.4. The summed E-state index contributed by atoms with van der Waals surface area (Å²) in [4.78, 5) is 27.7. The largest absolute Gasteiger partial charge is 0.467 e. The third-order valence-electron chi connectivity index (χ3n) is 7.13. The van der Waals surface area contributed by atoms with Gasteiger partial charge in [-0.25, -0.2) is 9.59 Å². The number of esters is 1. The van der Waals surface area contributed by atoms with E-state index < -0.39 is 12.0 Å². The zero-order chi connectivity index (χ0) is 19.8. The summed E-state index contributed by atoms with van der Waals surface area (Å²) in [5, 5.41) is 3.35. The Morgan fingerprint density at radius 3 is 2.07 bits per heavy atom. The van der Waals surface area contributed by atoms with Crippen LogP contribution in [-0.2, 0) is 9.53 Å². The molecular formula is C23H32N2O3. The second kappa shape index (κ2) is 7.76. The number of methoxy groups -OCH3 is 1. The zero-order valence-corrected chi connectivity index (χ0v) is 17.1. The van der Waals surface area contributed by atoms with Crippen LogP contribution in [0.2, 0.25) is 0 Å². The van der Waals surface area contributed by atoms with Crippen molar-refractivity contribution in [1.82, 2.24) is 10.2 Å². The first-order valence-electron chi connectivity index (χ1n) is 10.7. The average Bonchev–Trinajstić information content (AvgIpc) is 2.67. The van der Waals surface area contributed by atoms with E-state index in [0.29, 0.717) is 11.8 Å². The highest BCUT2D eigenvalue weighted by atomic mass is 16.5. The number of urea groups is 1. The minimum atomic E-state index is -0.733. The predicted octanol–water partition coefficient (Wildman–Crippen LogP) is 4.15. The van der Waals surface area contributed by atoms with Crippen LogP contribution >= 0.6 is 0 Å². The minimum absolute atomic E-state index is 0.124.